The molecule has 1 fully saturated rings. The molecule has 4 heteroatoms. The van der Waals surface area contributed by atoms with Crippen LogP contribution in [-0.4, -0.2) is 42.2 Å². The molecule has 0 bridgehead atoms. The fraction of sp³-hybridized carbons (Fsp3) is 0.533. The zero-order valence-corrected chi connectivity index (χ0v) is 10.9. The van der Waals surface area contributed by atoms with Gasteiger partial charge in [-0.05, 0) is 32.0 Å². The number of rotatable bonds is 3. The van der Waals surface area contributed by atoms with Crippen LogP contribution in [0.25, 0.3) is 0 Å². The molecule has 1 aromatic rings. The number of benzene rings is 1. The van der Waals surface area contributed by atoms with E-state index in [2.05, 4.69) is 17.0 Å². The van der Waals surface area contributed by atoms with Crippen LogP contribution < -0.4 is 4.74 Å². The summed E-state index contributed by atoms with van der Waals surface area (Å²) < 4.78 is 5.69. The predicted octanol–water partition coefficient (Wildman–Crippen LogP) is 1.96. The second kappa shape index (κ2) is 5.21. The van der Waals surface area contributed by atoms with E-state index in [1.165, 1.54) is 5.56 Å². The maximum atomic E-state index is 10.9. The second-order valence-electron chi connectivity index (χ2n) is 5.46. The van der Waals surface area contributed by atoms with Crippen LogP contribution in [0, 0.1) is 5.92 Å². The summed E-state index contributed by atoms with van der Waals surface area (Å²) in [5, 5.41) is 9.00. The fourth-order valence-corrected chi connectivity index (χ4v) is 3.05. The first kappa shape index (κ1) is 12.5. The van der Waals surface area contributed by atoms with Gasteiger partial charge in [-0.1, -0.05) is 18.2 Å². The second-order valence-corrected chi connectivity index (χ2v) is 5.46. The van der Waals surface area contributed by atoms with Crippen molar-refractivity contribution in [2.24, 2.45) is 5.92 Å². The van der Waals surface area contributed by atoms with Gasteiger partial charge in [0.15, 0.2) is 0 Å². The van der Waals surface area contributed by atoms with Crippen molar-refractivity contribution >= 4 is 5.97 Å². The first-order valence-corrected chi connectivity index (χ1v) is 6.91. The average molecular weight is 261 g/mol. The van der Waals surface area contributed by atoms with Crippen LogP contribution in [0.3, 0.4) is 0 Å². The van der Waals surface area contributed by atoms with Gasteiger partial charge in [0.25, 0.3) is 0 Å². The van der Waals surface area contributed by atoms with Crippen LogP contribution in [0.15, 0.2) is 24.3 Å². The summed E-state index contributed by atoms with van der Waals surface area (Å²) >= 11 is 0. The SMILES string of the molecule is O=C(O)C1CCN(CC2COc3ccccc32)CC1. The minimum atomic E-state index is -0.644. The summed E-state index contributed by atoms with van der Waals surface area (Å²) in [7, 11) is 0. The lowest BCUT2D eigenvalue weighted by Crippen LogP contribution is -2.38. The summed E-state index contributed by atoms with van der Waals surface area (Å²) in [4.78, 5) is 13.3. The molecule has 2 aliphatic rings. The van der Waals surface area contributed by atoms with Crippen molar-refractivity contribution in [2.75, 3.05) is 26.2 Å². The van der Waals surface area contributed by atoms with Gasteiger partial charge in [0, 0.05) is 18.0 Å². The zero-order chi connectivity index (χ0) is 13.2. The summed E-state index contributed by atoms with van der Waals surface area (Å²) in [5.41, 5.74) is 1.29. The Hall–Kier alpha value is -1.55. The van der Waals surface area contributed by atoms with Gasteiger partial charge in [0.05, 0.1) is 12.5 Å². The molecular formula is C15H19NO3. The van der Waals surface area contributed by atoms with Crippen LogP contribution in [0.1, 0.15) is 24.3 Å². The van der Waals surface area contributed by atoms with E-state index in [1.54, 1.807) is 0 Å². The van der Waals surface area contributed by atoms with Crippen LogP contribution >= 0.6 is 0 Å². The Bertz CT molecular complexity index is 466. The van der Waals surface area contributed by atoms with Crippen molar-refractivity contribution in [2.45, 2.75) is 18.8 Å². The van der Waals surface area contributed by atoms with E-state index < -0.39 is 5.97 Å². The third kappa shape index (κ3) is 2.59. The number of nitrogens with zero attached hydrogens (tertiary/aromatic N) is 1. The van der Waals surface area contributed by atoms with Crippen LogP contribution in [0.2, 0.25) is 0 Å². The van der Waals surface area contributed by atoms with Crippen LogP contribution in [-0.2, 0) is 4.79 Å². The predicted molar refractivity (Wildman–Crippen MR) is 71.5 cm³/mol. The number of carboxylic acids is 1. The monoisotopic (exact) mass is 261 g/mol. The first-order chi connectivity index (χ1) is 9.24. The molecule has 2 aliphatic heterocycles. The molecule has 19 heavy (non-hydrogen) atoms. The van der Waals surface area contributed by atoms with E-state index >= 15 is 0 Å². The van der Waals surface area contributed by atoms with Crippen molar-refractivity contribution in [1.29, 1.82) is 0 Å². The molecule has 1 unspecified atom stereocenters. The number of para-hydroxylation sites is 1. The van der Waals surface area contributed by atoms with E-state index in [4.69, 9.17) is 9.84 Å². The van der Waals surface area contributed by atoms with Gasteiger partial charge in [-0.3, -0.25) is 4.79 Å². The molecule has 102 valence electrons. The Morgan fingerprint density at radius 2 is 2.05 bits per heavy atom. The maximum absolute atomic E-state index is 10.9. The third-order valence-corrected chi connectivity index (χ3v) is 4.21. The van der Waals surface area contributed by atoms with E-state index in [9.17, 15) is 4.79 Å². The van der Waals surface area contributed by atoms with E-state index in [0.29, 0.717) is 5.92 Å². The van der Waals surface area contributed by atoms with Crippen molar-refractivity contribution in [3.8, 4) is 5.75 Å². The molecule has 1 aromatic carbocycles. The minimum absolute atomic E-state index is 0.150. The van der Waals surface area contributed by atoms with Gasteiger partial charge in [-0.2, -0.15) is 0 Å². The highest BCUT2D eigenvalue weighted by Crippen LogP contribution is 2.34. The molecule has 3 rings (SSSR count). The van der Waals surface area contributed by atoms with Crippen molar-refractivity contribution < 1.29 is 14.6 Å². The average Bonchev–Trinajstić information content (AvgIpc) is 2.83. The highest BCUT2D eigenvalue weighted by molar-refractivity contribution is 5.70. The summed E-state index contributed by atoms with van der Waals surface area (Å²) in [6.45, 7) is 3.49. The summed E-state index contributed by atoms with van der Waals surface area (Å²) in [6.07, 6.45) is 1.54. The molecule has 4 nitrogen and oxygen atoms in total. The summed E-state index contributed by atoms with van der Waals surface area (Å²) in [6, 6.07) is 8.21. The van der Waals surface area contributed by atoms with Crippen molar-refractivity contribution in [3.05, 3.63) is 29.8 Å². The molecule has 1 N–H and O–H groups in total. The Balaban J connectivity index is 1.58. The normalized spacial score (nSPS) is 23.9. The molecule has 0 saturated carbocycles. The maximum Gasteiger partial charge on any atom is 0.306 e. The highest BCUT2D eigenvalue weighted by Gasteiger charge is 2.29. The molecular weight excluding hydrogens is 242 g/mol. The van der Waals surface area contributed by atoms with Gasteiger partial charge >= 0.3 is 5.97 Å². The minimum Gasteiger partial charge on any atom is -0.493 e. The molecule has 1 atom stereocenters. The number of piperidine rings is 1. The number of fused-ring (bicyclic) bond motifs is 1. The third-order valence-electron chi connectivity index (χ3n) is 4.21. The Labute approximate surface area is 113 Å². The lowest BCUT2D eigenvalue weighted by molar-refractivity contribution is -0.143. The van der Waals surface area contributed by atoms with Gasteiger partial charge in [-0.15, -0.1) is 0 Å². The summed E-state index contributed by atoms with van der Waals surface area (Å²) in [5.74, 6) is 0.642. The number of aliphatic carboxylic acids is 1. The largest absolute Gasteiger partial charge is 0.493 e. The Kier molecular flexibility index (Phi) is 3.42. The number of hydrogen-bond donors (Lipinski definition) is 1. The van der Waals surface area contributed by atoms with Gasteiger partial charge in [-0.25, -0.2) is 0 Å². The number of hydrogen-bond acceptors (Lipinski definition) is 3. The molecule has 0 aromatic heterocycles. The van der Waals surface area contributed by atoms with Crippen molar-refractivity contribution in [1.82, 2.24) is 4.90 Å². The first-order valence-electron chi connectivity index (χ1n) is 6.91. The van der Waals surface area contributed by atoms with E-state index in [-0.39, 0.29) is 5.92 Å². The fourth-order valence-electron chi connectivity index (χ4n) is 3.05. The highest BCUT2D eigenvalue weighted by atomic mass is 16.5. The molecule has 0 aliphatic carbocycles. The zero-order valence-electron chi connectivity index (χ0n) is 10.9. The Morgan fingerprint density at radius 1 is 1.32 bits per heavy atom. The van der Waals surface area contributed by atoms with Gasteiger partial charge < -0.3 is 14.7 Å². The van der Waals surface area contributed by atoms with Crippen LogP contribution in [0.5, 0.6) is 5.75 Å². The topological polar surface area (TPSA) is 49.8 Å². The van der Waals surface area contributed by atoms with Crippen LogP contribution in [0.4, 0.5) is 0 Å². The quantitative estimate of drug-likeness (QED) is 0.903. The van der Waals surface area contributed by atoms with E-state index in [1.807, 2.05) is 12.1 Å². The number of carboxylic acid groups (broad SMARTS) is 1. The molecule has 0 amide bonds. The smallest absolute Gasteiger partial charge is 0.306 e. The van der Waals surface area contributed by atoms with Gasteiger partial charge in [0.1, 0.15) is 5.75 Å². The van der Waals surface area contributed by atoms with E-state index in [0.717, 1.165) is 44.8 Å². The lowest BCUT2D eigenvalue weighted by atomic mass is 9.95. The Morgan fingerprint density at radius 3 is 2.79 bits per heavy atom. The molecule has 1 saturated heterocycles. The number of likely N-dealkylation sites (tertiary alicyclic amines) is 1. The number of carbonyl (C=O) groups is 1. The molecule has 0 radical (unpaired) electrons. The lowest BCUT2D eigenvalue weighted by Gasteiger charge is -2.31. The van der Waals surface area contributed by atoms with Crippen molar-refractivity contribution in [3.63, 3.8) is 0 Å². The molecule has 2 heterocycles. The standard InChI is InChI=1S/C15H19NO3/c17-15(18)11-5-7-16(8-6-11)9-12-10-19-14-4-2-1-3-13(12)14/h1-4,11-12H,5-10H2,(H,17,18). The number of ether oxygens (including phenoxy) is 1. The van der Waals surface area contributed by atoms with Gasteiger partial charge in [0.2, 0.25) is 0 Å². The molecule has 0 spiro atoms.